The van der Waals surface area contributed by atoms with E-state index in [1.54, 1.807) is 42.3 Å². The van der Waals surface area contributed by atoms with Gasteiger partial charge in [0.2, 0.25) is 5.91 Å². The number of aryl methyl sites for hydroxylation is 1. The average Bonchev–Trinajstić information content (AvgIpc) is 2.85. The normalized spacial score (nSPS) is 12.2. The minimum absolute atomic E-state index is 0.115. The molecule has 0 saturated heterocycles. The summed E-state index contributed by atoms with van der Waals surface area (Å²) >= 11 is 0. The highest BCUT2D eigenvalue weighted by Gasteiger charge is 2.23. The van der Waals surface area contributed by atoms with Crippen molar-refractivity contribution in [1.29, 1.82) is 0 Å². The van der Waals surface area contributed by atoms with Crippen molar-refractivity contribution < 1.29 is 9.90 Å². The molecule has 6 heteroatoms. The van der Waals surface area contributed by atoms with Crippen LogP contribution in [0.15, 0.2) is 36.7 Å². The first kappa shape index (κ1) is 14.1. The Labute approximate surface area is 117 Å². The molecule has 1 atom stereocenters. The van der Waals surface area contributed by atoms with Crippen LogP contribution in [0.1, 0.15) is 18.5 Å². The first-order chi connectivity index (χ1) is 9.52. The number of likely N-dealkylation sites (N-methyl/N-ethyl adjacent to an activating group) is 1. The highest BCUT2D eigenvalue weighted by molar-refractivity contribution is 5.97. The smallest absolute Gasteiger partial charge is 0.248 e. The summed E-state index contributed by atoms with van der Waals surface area (Å²) in [5.74, 6) is -0.116. The predicted octanol–water partition coefficient (Wildman–Crippen LogP) is 1.18. The van der Waals surface area contributed by atoms with Gasteiger partial charge < -0.3 is 15.7 Å². The Hall–Kier alpha value is -2.34. The number of rotatable bonds is 4. The van der Waals surface area contributed by atoms with Crippen LogP contribution < -0.4 is 10.6 Å². The third-order valence-electron chi connectivity index (χ3n) is 3.07. The number of nitrogens with two attached hydrogens (primary N) is 1. The van der Waals surface area contributed by atoms with Crippen molar-refractivity contribution in [2.45, 2.75) is 13.0 Å². The zero-order chi connectivity index (χ0) is 14.7. The summed E-state index contributed by atoms with van der Waals surface area (Å²) in [4.78, 5) is 14.0. The molecular formula is C14H18N4O2. The molecule has 0 saturated carbocycles. The maximum absolute atomic E-state index is 12.5. The highest BCUT2D eigenvalue weighted by Crippen LogP contribution is 2.23. The zero-order valence-corrected chi connectivity index (χ0v) is 11.5. The van der Waals surface area contributed by atoms with E-state index in [2.05, 4.69) is 5.10 Å². The van der Waals surface area contributed by atoms with Crippen LogP contribution in [0.4, 0.5) is 5.69 Å². The van der Waals surface area contributed by atoms with Gasteiger partial charge in [0.1, 0.15) is 11.8 Å². The van der Waals surface area contributed by atoms with Crippen LogP contribution in [0.5, 0.6) is 5.75 Å². The Bertz CT molecular complexity index is 609. The Morgan fingerprint density at radius 1 is 1.55 bits per heavy atom. The zero-order valence-electron chi connectivity index (χ0n) is 11.5. The molecule has 1 heterocycles. The van der Waals surface area contributed by atoms with Gasteiger partial charge in [-0.2, -0.15) is 5.10 Å². The third-order valence-corrected chi connectivity index (χ3v) is 3.07. The Morgan fingerprint density at radius 2 is 2.30 bits per heavy atom. The second-order valence-corrected chi connectivity index (χ2v) is 4.53. The van der Waals surface area contributed by atoms with Crippen LogP contribution in [0.25, 0.3) is 0 Å². The van der Waals surface area contributed by atoms with E-state index in [-0.39, 0.29) is 11.7 Å². The molecule has 1 aromatic heterocycles. The number of carbonyl (C=O) groups excluding carboxylic acids is 1. The van der Waals surface area contributed by atoms with Gasteiger partial charge in [-0.15, -0.1) is 0 Å². The lowest BCUT2D eigenvalue weighted by molar-refractivity contribution is -0.119. The van der Waals surface area contributed by atoms with Gasteiger partial charge in [0.15, 0.2) is 0 Å². The number of phenolic OH excluding ortho intramolecular Hbond substituents is 1. The maximum Gasteiger partial charge on any atom is 0.248 e. The van der Waals surface area contributed by atoms with Crippen LogP contribution in [-0.2, 0) is 11.8 Å². The molecular weight excluding hydrogens is 256 g/mol. The fraction of sp³-hybridized carbons (Fsp3) is 0.286. The number of nitrogens with zero attached hydrogens (tertiary/aromatic N) is 3. The number of aromatic nitrogens is 2. The Morgan fingerprint density at radius 3 is 2.85 bits per heavy atom. The highest BCUT2D eigenvalue weighted by atomic mass is 16.3. The predicted molar refractivity (Wildman–Crippen MR) is 76.3 cm³/mol. The summed E-state index contributed by atoms with van der Waals surface area (Å²) in [5, 5.41) is 13.5. The van der Waals surface area contributed by atoms with Gasteiger partial charge in [-0.25, -0.2) is 0 Å². The number of carbonyl (C=O) groups is 1. The maximum atomic E-state index is 12.5. The van der Waals surface area contributed by atoms with E-state index in [1.807, 2.05) is 6.92 Å². The van der Waals surface area contributed by atoms with Crippen LogP contribution in [0.3, 0.4) is 0 Å². The number of benzene rings is 1. The Balaban J connectivity index is 2.25. The second kappa shape index (κ2) is 5.75. The number of hydrogen-bond acceptors (Lipinski definition) is 4. The summed E-state index contributed by atoms with van der Waals surface area (Å²) < 4.78 is 1.60. The van der Waals surface area contributed by atoms with E-state index >= 15 is 0 Å². The minimum Gasteiger partial charge on any atom is -0.508 e. The molecule has 0 aliphatic rings. The van der Waals surface area contributed by atoms with Crippen molar-refractivity contribution in [3.8, 4) is 5.75 Å². The summed E-state index contributed by atoms with van der Waals surface area (Å²) in [6, 6.07) is 5.78. The molecule has 0 radical (unpaired) electrons. The number of phenols is 1. The molecule has 106 valence electrons. The molecule has 0 spiro atoms. The van der Waals surface area contributed by atoms with Crippen LogP contribution >= 0.6 is 0 Å². The average molecular weight is 274 g/mol. The van der Waals surface area contributed by atoms with Gasteiger partial charge in [-0.3, -0.25) is 9.48 Å². The monoisotopic (exact) mass is 274 g/mol. The Kier molecular flexibility index (Phi) is 4.05. The molecule has 0 aliphatic heterocycles. The number of aromatic hydroxyl groups is 1. The first-order valence-electron chi connectivity index (χ1n) is 6.37. The van der Waals surface area contributed by atoms with Gasteiger partial charge in [-0.1, -0.05) is 6.07 Å². The summed E-state index contributed by atoms with van der Waals surface area (Å²) in [7, 11) is 1.77. The summed E-state index contributed by atoms with van der Waals surface area (Å²) in [6.45, 7) is 2.33. The van der Waals surface area contributed by atoms with Gasteiger partial charge >= 0.3 is 0 Å². The van der Waals surface area contributed by atoms with E-state index in [1.165, 1.54) is 11.0 Å². The molecule has 1 aromatic carbocycles. The van der Waals surface area contributed by atoms with E-state index in [0.29, 0.717) is 17.8 Å². The van der Waals surface area contributed by atoms with Crippen molar-refractivity contribution in [2.24, 2.45) is 12.8 Å². The van der Waals surface area contributed by atoms with Crippen LogP contribution in [0, 0.1) is 0 Å². The number of hydrogen-bond donors (Lipinski definition) is 2. The van der Waals surface area contributed by atoms with Crippen molar-refractivity contribution in [1.82, 2.24) is 9.78 Å². The van der Waals surface area contributed by atoms with E-state index in [4.69, 9.17) is 5.73 Å². The van der Waals surface area contributed by atoms with Gasteiger partial charge in [0.25, 0.3) is 0 Å². The van der Waals surface area contributed by atoms with E-state index < -0.39 is 6.04 Å². The fourth-order valence-corrected chi connectivity index (χ4v) is 2.04. The molecule has 0 bridgehead atoms. The van der Waals surface area contributed by atoms with Crippen molar-refractivity contribution in [3.63, 3.8) is 0 Å². The lowest BCUT2D eigenvalue weighted by Gasteiger charge is -2.24. The minimum atomic E-state index is -0.772. The molecule has 0 fully saturated rings. The van der Waals surface area contributed by atoms with Crippen molar-refractivity contribution >= 4 is 11.6 Å². The van der Waals surface area contributed by atoms with Gasteiger partial charge in [-0.05, 0) is 19.1 Å². The molecule has 3 N–H and O–H groups in total. The fourth-order valence-electron chi connectivity index (χ4n) is 2.04. The van der Waals surface area contributed by atoms with E-state index in [0.717, 1.165) is 0 Å². The van der Waals surface area contributed by atoms with Crippen molar-refractivity contribution in [2.75, 3.05) is 11.4 Å². The van der Waals surface area contributed by atoms with Crippen LogP contribution in [-0.4, -0.2) is 27.3 Å². The molecule has 0 aliphatic carbocycles. The summed E-state index contributed by atoms with van der Waals surface area (Å²) in [5.41, 5.74) is 7.28. The first-order valence-corrected chi connectivity index (χ1v) is 6.37. The standard InChI is InChI=1S/C14H18N4O2/c1-3-18(11-5-4-6-12(19)7-11)14(20)13(15)10-8-16-17(2)9-10/h4-9,13,19H,3,15H2,1-2H3. The number of amides is 1. The van der Waals surface area contributed by atoms with Gasteiger partial charge in [0, 0.05) is 37.1 Å². The van der Waals surface area contributed by atoms with Gasteiger partial charge in [0.05, 0.1) is 6.20 Å². The second-order valence-electron chi connectivity index (χ2n) is 4.53. The van der Waals surface area contributed by atoms with Crippen LogP contribution in [0.2, 0.25) is 0 Å². The summed E-state index contributed by atoms with van der Waals surface area (Å²) in [6.07, 6.45) is 3.30. The molecule has 6 nitrogen and oxygen atoms in total. The quantitative estimate of drug-likeness (QED) is 0.876. The topological polar surface area (TPSA) is 84.4 Å². The molecule has 2 aromatic rings. The lowest BCUT2D eigenvalue weighted by atomic mass is 10.1. The SMILES string of the molecule is CCN(C(=O)C(N)c1cnn(C)c1)c1cccc(O)c1. The molecule has 20 heavy (non-hydrogen) atoms. The third kappa shape index (κ3) is 2.80. The lowest BCUT2D eigenvalue weighted by Crippen LogP contribution is -2.38. The van der Waals surface area contributed by atoms with Crippen molar-refractivity contribution in [3.05, 3.63) is 42.2 Å². The molecule has 1 unspecified atom stereocenters. The van der Waals surface area contributed by atoms with E-state index in [9.17, 15) is 9.90 Å². The molecule has 2 rings (SSSR count). The molecule has 1 amide bonds. The largest absolute Gasteiger partial charge is 0.508 e. The number of anilines is 1.